The van der Waals surface area contributed by atoms with Crippen LogP contribution in [0.2, 0.25) is 0 Å². The Bertz CT molecular complexity index is 1420. The molecular formula is C31H36N4O5. The average molecular weight is 545 g/mol. The molecule has 3 heterocycles. The number of fused-ring (bicyclic) bond motifs is 1. The second-order valence-corrected chi connectivity index (χ2v) is 10.1. The highest BCUT2D eigenvalue weighted by atomic mass is 16.5. The van der Waals surface area contributed by atoms with Crippen molar-refractivity contribution in [2.75, 3.05) is 13.2 Å². The first kappa shape index (κ1) is 27.6. The van der Waals surface area contributed by atoms with Crippen LogP contribution in [0, 0.1) is 0 Å². The monoisotopic (exact) mass is 544 g/mol. The number of ether oxygens (including phenoxy) is 3. The molecule has 9 heteroatoms. The summed E-state index contributed by atoms with van der Waals surface area (Å²) in [5, 5.41) is 18.7. The highest BCUT2D eigenvalue weighted by Crippen LogP contribution is 2.34. The molecular weight excluding hydrogens is 508 g/mol. The van der Waals surface area contributed by atoms with Gasteiger partial charge in [-0.15, -0.1) is 0 Å². The lowest BCUT2D eigenvalue weighted by Crippen LogP contribution is -2.28. The zero-order valence-electron chi connectivity index (χ0n) is 23.0. The summed E-state index contributed by atoms with van der Waals surface area (Å²) < 4.78 is 19.5. The lowest BCUT2D eigenvalue weighted by Gasteiger charge is -2.23. The van der Waals surface area contributed by atoms with Gasteiger partial charge >= 0.3 is 6.09 Å². The number of pyridine rings is 1. The van der Waals surface area contributed by atoms with Crippen LogP contribution in [0.25, 0.3) is 22.3 Å². The first-order valence-corrected chi connectivity index (χ1v) is 13.9. The molecule has 2 aromatic heterocycles. The van der Waals surface area contributed by atoms with Crippen molar-refractivity contribution in [3.05, 3.63) is 78.0 Å². The number of carbonyl (C=O) groups excluding carboxylic acids is 1. The number of amides is 1. The van der Waals surface area contributed by atoms with Crippen molar-refractivity contribution in [2.45, 2.75) is 64.6 Å². The molecule has 1 amide bonds. The van der Waals surface area contributed by atoms with Gasteiger partial charge in [-0.1, -0.05) is 36.4 Å². The van der Waals surface area contributed by atoms with Gasteiger partial charge in [-0.2, -0.15) is 5.10 Å². The number of aromatic nitrogens is 3. The molecule has 0 aliphatic carbocycles. The molecule has 0 spiro atoms. The molecule has 2 aromatic carbocycles. The van der Waals surface area contributed by atoms with Crippen LogP contribution in [0.4, 0.5) is 4.79 Å². The second-order valence-electron chi connectivity index (χ2n) is 10.1. The number of nitrogens with zero attached hydrogens (tertiary/aromatic N) is 3. The molecule has 2 unspecified atom stereocenters. The van der Waals surface area contributed by atoms with Gasteiger partial charge in [0.1, 0.15) is 18.1 Å². The van der Waals surface area contributed by atoms with E-state index in [4.69, 9.17) is 19.3 Å². The quantitative estimate of drug-likeness (QED) is 0.255. The Morgan fingerprint density at radius 3 is 2.75 bits per heavy atom. The van der Waals surface area contributed by atoms with Gasteiger partial charge in [-0.25, -0.2) is 14.5 Å². The highest BCUT2D eigenvalue weighted by molar-refractivity contribution is 5.93. The zero-order chi connectivity index (χ0) is 27.9. The molecule has 4 aromatic rings. The van der Waals surface area contributed by atoms with Crippen LogP contribution < -0.4 is 10.1 Å². The van der Waals surface area contributed by atoms with Crippen molar-refractivity contribution in [3.8, 4) is 17.1 Å². The van der Waals surface area contributed by atoms with Crippen molar-refractivity contribution >= 4 is 17.0 Å². The number of rotatable bonds is 10. The highest BCUT2D eigenvalue weighted by Gasteiger charge is 2.23. The molecule has 3 atom stereocenters. The first-order chi connectivity index (χ1) is 19.5. The van der Waals surface area contributed by atoms with Gasteiger partial charge in [0.05, 0.1) is 29.1 Å². The van der Waals surface area contributed by atoms with E-state index in [1.54, 1.807) is 13.0 Å². The molecule has 40 heavy (non-hydrogen) atoms. The predicted octanol–water partition coefficient (Wildman–Crippen LogP) is 5.93. The number of hydrogen-bond acceptors (Lipinski definition) is 7. The van der Waals surface area contributed by atoms with E-state index in [0.717, 1.165) is 35.7 Å². The van der Waals surface area contributed by atoms with E-state index < -0.39 is 12.2 Å². The molecule has 210 valence electrons. The van der Waals surface area contributed by atoms with Crippen molar-refractivity contribution in [1.29, 1.82) is 0 Å². The lowest BCUT2D eigenvalue weighted by molar-refractivity contribution is -0.0365. The van der Waals surface area contributed by atoms with Gasteiger partial charge in [-0.05, 0) is 69.0 Å². The predicted molar refractivity (Wildman–Crippen MR) is 152 cm³/mol. The van der Waals surface area contributed by atoms with Crippen LogP contribution in [0.15, 0.2) is 66.7 Å². The van der Waals surface area contributed by atoms with E-state index in [9.17, 15) is 9.90 Å². The van der Waals surface area contributed by atoms with Gasteiger partial charge in [0.15, 0.2) is 6.23 Å². The molecule has 1 saturated heterocycles. The third-order valence-electron chi connectivity index (χ3n) is 6.92. The summed E-state index contributed by atoms with van der Waals surface area (Å²) in [6.07, 6.45) is 2.23. The van der Waals surface area contributed by atoms with Crippen LogP contribution in [0.1, 0.15) is 63.1 Å². The van der Waals surface area contributed by atoms with Gasteiger partial charge < -0.3 is 24.6 Å². The van der Waals surface area contributed by atoms with Gasteiger partial charge in [0.2, 0.25) is 0 Å². The first-order valence-electron chi connectivity index (χ1n) is 13.9. The van der Waals surface area contributed by atoms with Crippen LogP contribution >= 0.6 is 0 Å². The standard InChI is InChI=1S/C31H36N4O5/c1-21(16-17-32-31(37)39-20-23-9-4-3-5-10-23)40-24-14-15-28-25(19-24)30(27-12-8-11-26(33-27)22(2)36)34-35(28)29-13-6-7-18-38-29/h3-5,8-12,14-15,19,21-22,29,36H,6-7,13,16-18,20H2,1-2H3,(H,32,37)/t21-,22?,29?/m1/s1. The number of alkyl carbamates (subject to hydrolysis) is 1. The topological polar surface area (TPSA) is 108 Å². The number of hydrogen-bond donors (Lipinski definition) is 2. The second kappa shape index (κ2) is 12.9. The Balaban J connectivity index is 1.28. The molecule has 0 bridgehead atoms. The van der Waals surface area contributed by atoms with Crippen molar-refractivity contribution in [1.82, 2.24) is 20.1 Å². The van der Waals surface area contributed by atoms with Crippen LogP contribution in [-0.4, -0.2) is 45.2 Å². The summed E-state index contributed by atoms with van der Waals surface area (Å²) in [7, 11) is 0. The normalized spacial score (nSPS) is 16.8. The van der Waals surface area contributed by atoms with E-state index in [-0.39, 0.29) is 18.9 Å². The lowest BCUT2D eigenvalue weighted by atomic mass is 10.1. The molecule has 1 fully saturated rings. The SMILES string of the molecule is CC(O)c1cccc(-c2nn(C3CCCCO3)c3ccc(O[C@H](C)CCNC(=O)OCc4ccccc4)cc23)n1. The number of aliphatic hydroxyl groups excluding tert-OH is 1. The number of carbonyl (C=O) groups is 1. The summed E-state index contributed by atoms with van der Waals surface area (Å²) in [4.78, 5) is 16.7. The fourth-order valence-corrected chi connectivity index (χ4v) is 4.78. The fraction of sp³-hybridized carbons (Fsp3) is 0.387. The van der Waals surface area contributed by atoms with Crippen LogP contribution in [0.3, 0.4) is 0 Å². The van der Waals surface area contributed by atoms with E-state index in [1.807, 2.05) is 72.3 Å². The van der Waals surface area contributed by atoms with Gasteiger partial charge in [0.25, 0.3) is 0 Å². The largest absolute Gasteiger partial charge is 0.491 e. The van der Waals surface area contributed by atoms with Crippen LogP contribution in [-0.2, 0) is 16.1 Å². The van der Waals surface area contributed by atoms with Crippen molar-refractivity contribution in [2.24, 2.45) is 0 Å². The number of benzene rings is 2. The molecule has 9 nitrogen and oxygen atoms in total. The molecule has 5 rings (SSSR count). The minimum atomic E-state index is -0.682. The van der Waals surface area contributed by atoms with Gasteiger partial charge in [0, 0.05) is 25.0 Å². The molecule has 1 aliphatic rings. The van der Waals surface area contributed by atoms with Crippen molar-refractivity contribution < 1.29 is 24.1 Å². The minimum Gasteiger partial charge on any atom is -0.491 e. The minimum absolute atomic E-state index is 0.136. The Kier molecular flexibility index (Phi) is 8.93. The Morgan fingerprint density at radius 2 is 1.98 bits per heavy atom. The maximum absolute atomic E-state index is 12.1. The Labute approximate surface area is 234 Å². The van der Waals surface area contributed by atoms with Gasteiger partial charge in [-0.3, -0.25) is 0 Å². The average Bonchev–Trinajstić information content (AvgIpc) is 3.36. The van der Waals surface area contributed by atoms with E-state index in [2.05, 4.69) is 10.3 Å². The summed E-state index contributed by atoms with van der Waals surface area (Å²) in [5.74, 6) is 0.698. The third kappa shape index (κ3) is 6.78. The Morgan fingerprint density at radius 1 is 1.12 bits per heavy atom. The maximum atomic E-state index is 12.1. The zero-order valence-corrected chi connectivity index (χ0v) is 23.0. The third-order valence-corrected chi connectivity index (χ3v) is 6.92. The van der Waals surface area contributed by atoms with E-state index in [0.29, 0.717) is 42.4 Å². The molecule has 0 radical (unpaired) electrons. The van der Waals surface area contributed by atoms with E-state index in [1.165, 1.54) is 0 Å². The summed E-state index contributed by atoms with van der Waals surface area (Å²) >= 11 is 0. The Hall–Kier alpha value is -3.95. The summed E-state index contributed by atoms with van der Waals surface area (Å²) in [6, 6.07) is 21.1. The van der Waals surface area contributed by atoms with Crippen LogP contribution in [0.5, 0.6) is 5.75 Å². The summed E-state index contributed by atoms with van der Waals surface area (Å²) in [6.45, 7) is 5.04. The summed E-state index contributed by atoms with van der Waals surface area (Å²) in [5.41, 5.74) is 3.86. The number of aliphatic hydroxyl groups is 1. The van der Waals surface area contributed by atoms with Crippen molar-refractivity contribution in [3.63, 3.8) is 0 Å². The molecule has 2 N–H and O–H groups in total. The molecule has 0 saturated carbocycles. The molecule has 1 aliphatic heterocycles. The smallest absolute Gasteiger partial charge is 0.407 e. The maximum Gasteiger partial charge on any atom is 0.407 e. The van der Waals surface area contributed by atoms with E-state index >= 15 is 0 Å². The fourth-order valence-electron chi connectivity index (χ4n) is 4.78. The number of nitrogens with one attached hydrogen (secondary N) is 1.